The molecule has 3 aliphatic rings. The number of aromatic amines is 1. The molecule has 4 aromatic rings. The van der Waals surface area contributed by atoms with Crippen molar-refractivity contribution in [1.82, 2.24) is 24.6 Å². The predicted molar refractivity (Wildman–Crippen MR) is 136 cm³/mol. The Balaban J connectivity index is 1.13. The van der Waals surface area contributed by atoms with E-state index in [0.717, 1.165) is 51.7 Å². The number of benzene rings is 2. The summed E-state index contributed by atoms with van der Waals surface area (Å²) in [6.07, 6.45) is 5.00. The van der Waals surface area contributed by atoms with Crippen LogP contribution in [0.15, 0.2) is 48.5 Å². The number of aryl methyl sites for hydroxylation is 1. The van der Waals surface area contributed by atoms with Crippen molar-refractivity contribution in [2.45, 2.75) is 51.2 Å². The SMILES string of the molecule is Cn1nc(C(=O)N2CCc3ccccc3C2)c2c1CCC(N1CCc3c([nH]c4ccccc34)C1)C2. The maximum atomic E-state index is 13.7. The summed E-state index contributed by atoms with van der Waals surface area (Å²) in [5, 5.41) is 6.14. The Hall–Kier alpha value is -3.38. The van der Waals surface area contributed by atoms with Gasteiger partial charge in [0, 0.05) is 67.1 Å². The molecule has 0 bridgehead atoms. The summed E-state index contributed by atoms with van der Waals surface area (Å²) in [7, 11) is 2.00. The van der Waals surface area contributed by atoms with Crippen LogP contribution in [0.2, 0.25) is 0 Å². The normalized spacial score (nSPS) is 19.9. The Morgan fingerprint density at radius 3 is 2.69 bits per heavy atom. The van der Waals surface area contributed by atoms with Gasteiger partial charge in [0.05, 0.1) is 0 Å². The first-order valence-corrected chi connectivity index (χ1v) is 12.9. The van der Waals surface area contributed by atoms with Crippen molar-refractivity contribution in [3.8, 4) is 0 Å². The number of carbonyl (C=O) groups is 1. The second kappa shape index (κ2) is 8.09. The Morgan fingerprint density at radius 1 is 0.943 bits per heavy atom. The minimum atomic E-state index is 0.0913. The molecular weight excluding hydrogens is 434 g/mol. The van der Waals surface area contributed by atoms with Crippen LogP contribution in [0.4, 0.5) is 0 Å². The highest BCUT2D eigenvalue weighted by atomic mass is 16.2. The van der Waals surface area contributed by atoms with Crippen molar-refractivity contribution in [3.63, 3.8) is 0 Å². The highest BCUT2D eigenvalue weighted by Gasteiger charge is 2.34. The summed E-state index contributed by atoms with van der Waals surface area (Å²) < 4.78 is 1.96. The quantitative estimate of drug-likeness (QED) is 0.487. The molecule has 0 spiro atoms. The van der Waals surface area contributed by atoms with E-state index in [2.05, 4.69) is 58.4 Å². The van der Waals surface area contributed by atoms with Crippen LogP contribution in [-0.4, -0.2) is 49.6 Å². The van der Waals surface area contributed by atoms with E-state index in [-0.39, 0.29) is 5.91 Å². The van der Waals surface area contributed by atoms with Gasteiger partial charge in [-0.25, -0.2) is 0 Å². The molecule has 1 atom stereocenters. The van der Waals surface area contributed by atoms with Crippen molar-refractivity contribution in [1.29, 1.82) is 0 Å². The van der Waals surface area contributed by atoms with Crippen LogP contribution in [0, 0.1) is 0 Å². The Kier molecular flexibility index (Phi) is 4.84. The van der Waals surface area contributed by atoms with E-state index in [1.54, 1.807) is 0 Å². The van der Waals surface area contributed by atoms with E-state index >= 15 is 0 Å². The molecule has 4 heterocycles. The molecule has 6 heteroatoms. The molecular formula is C29H31N5O. The number of carbonyl (C=O) groups excluding carboxylic acids is 1. The van der Waals surface area contributed by atoms with Gasteiger partial charge in [-0.15, -0.1) is 0 Å². The summed E-state index contributed by atoms with van der Waals surface area (Å²) in [6, 6.07) is 17.6. The summed E-state index contributed by atoms with van der Waals surface area (Å²) in [4.78, 5) is 22.0. The molecule has 1 N–H and O–H groups in total. The monoisotopic (exact) mass is 465 g/mol. The topological polar surface area (TPSA) is 57.2 Å². The summed E-state index contributed by atoms with van der Waals surface area (Å²) in [5.74, 6) is 0.0913. The summed E-state index contributed by atoms with van der Waals surface area (Å²) in [6.45, 7) is 3.47. The third kappa shape index (κ3) is 3.42. The van der Waals surface area contributed by atoms with E-state index in [1.807, 2.05) is 16.6 Å². The molecule has 178 valence electrons. The van der Waals surface area contributed by atoms with Gasteiger partial charge in [-0.1, -0.05) is 42.5 Å². The standard InChI is InChI=1S/C29H31N5O/c1-32-27-11-10-21(33-15-13-23-22-8-4-5-9-25(22)30-26(23)18-33)16-24(27)28(31-32)29(35)34-14-12-19-6-2-3-7-20(19)17-34/h2-9,21,30H,10-18H2,1H3. The Bertz CT molecular complexity index is 1450. The number of aromatic nitrogens is 3. The fraction of sp³-hybridized carbons (Fsp3) is 0.379. The van der Waals surface area contributed by atoms with Gasteiger partial charge in [-0.3, -0.25) is 14.4 Å². The number of fused-ring (bicyclic) bond motifs is 5. The molecule has 2 aromatic heterocycles. The van der Waals surface area contributed by atoms with Crippen LogP contribution in [0.3, 0.4) is 0 Å². The lowest BCUT2D eigenvalue weighted by Gasteiger charge is -2.37. The lowest BCUT2D eigenvalue weighted by molar-refractivity contribution is 0.0725. The molecule has 0 saturated heterocycles. The van der Waals surface area contributed by atoms with Crippen molar-refractivity contribution >= 4 is 16.8 Å². The van der Waals surface area contributed by atoms with Crippen molar-refractivity contribution in [2.75, 3.05) is 13.1 Å². The van der Waals surface area contributed by atoms with E-state index < -0.39 is 0 Å². The zero-order valence-electron chi connectivity index (χ0n) is 20.3. The molecule has 0 saturated carbocycles. The first-order valence-electron chi connectivity index (χ1n) is 12.9. The Morgan fingerprint density at radius 2 is 1.77 bits per heavy atom. The fourth-order valence-electron chi connectivity index (χ4n) is 6.60. The second-order valence-corrected chi connectivity index (χ2v) is 10.4. The van der Waals surface area contributed by atoms with Gasteiger partial charge in [0.15, 0.2) is 5.69 Å². The van der Waals surface area contributed by atoms with Crippen LogP contribution in [0.25, 0.3) is 10.9 Å². The number of amides is 1. The van der Waals surface area contributed by atoms with Gasteiger partial charge in [0.1, 0.15) is 0 Å². The molecule has 2 aromatic carbocycles. The third-order valence-electron chi connectivity index (χ3n) is 8.48. The third-order valence-corrected chi connectivity index (χ3v) is 8.48. The molecule has 6 nitrogen and oxygen atoms in total. The molecule has 1 unspecified atom stereocenters. The summed E-state index contributed by atoms with van der Waals surface area (Å²) >= 11 is 0. The second-order valence-electron chi connectivity index (χ2n) is 10.4. The molecule has 1 amide bonds. The highest BCUT2D eigenvalue weighted by molar-refractivity contribution is 5.94. The molecule has 0 fully saturated rings. The van der Waals surface area contributed by atoms with Crippen LogP contribution in [0.5, 0.6) is 0 Å². The van der Waals surface area contributed by atoms with E-state index in [4.69, 9.17) is 5.10 Å². The van der Waals surface area contributed by atoms with Gasteiger partial charge in [-0.2, -0.15) is 5.10 Å². The molecule has 35 heavy (non-hydrogen) atoms. The highest BCUT2D eigenvalue weighted by Crippen LogP contribution is 2.33. The maximum Gasteiger partial charge on any atom is 0.274 e. The summed E-state index contributed by atoms with van der Waals surface area (Å²) in [5.41, 5.74) is 9.80. The van der Waals surface area contributed by atoms with Gasteiger partial charge in [0.25, 0.3) is 5.91 Å². The largest absolute Gasteiger partial charge is 0.357 e. The lowest BCUT2D eigenvalue weighted by atomic mass is 9.88. The van der Waals surface area contributed by atoms with Crippen LogP contribution in [0.1, 0.15) is 50.6 Å². The minimum Gasteiger partial charge on any atom is -0.357 e. The average molecular weight is 466 g/mol. The van der Waals surface area contributed by atoms with Crippen molar-refractivity contribution in [3.05, 3.63) is 87.9 Å². The van der Waals surface area contributed by atoms with Crippen LogP contribution in [-0.2, 0) is 45.8 Å². The van der Waals surface area contributed by atoms with E-state index in [0.29, 0.717) is 18.3 Å². The zero-order chi connectivity index (χ0) is 23.5. The number of nitrogens with zero attached hydrogens (tertiary/aromatic N) is 4. The molecule has 1 aliphatic carbocycles. The predicted octanol–water partition coefficient (Wildman–Crippen LogP) is 4.02. The van der Waals surface area contributed by atoms with Crippen molar-refractivity contribution in [2.24, 2.45) is 7.05 Å². The minimum absolute atomic E-state index is 0.0913. The number of nitrogens with one attached hydrogen (secondary N) is 1. The van der Waals surface area contributed by atoms with Crippen molar-refractivity contribution < 1.29 is 4.79 Å². The number of para-hydroxylation sites is 1. The number of H-pyrrole nitrogens is 1. The fourth-order valence-corrected chi connectivity index (χ4v) is 6.60. The van der Waals surface area contributed by atoms with Gasteiger partial charge in [0.2, 0.25) is 0 Å². The number of hydrogen-bond donors (Lipinski definition) is 1. The van der Waals surface area contributed by atoms with E-state index in [9.17, 15) is 4.79 Å². The first-order chi connectivity index (χ1) is 17.2. The number of hydrogen-bond acceptors (Lipinski definition) is 3. The lowest BCUT2D eigenvalue weighted by Crippen LogP contribution is -2.43. The number of rotatable bonds is 2. The van der Waals surface area contributed by atoms with Gasteiger partial charge >= 0.3 is 0 Å². The van der Waals surface area contributed by atoms with Gasteiger partial charge < -0.3 is 9.88 Å². The maximum absolute atomic E-state index is 13.7. The molecule has 7 rings (SSSR count). The van der Waals surface area contributed by atoms with Crippen LogP contribution < -0.4 is 0 Å². The smallest absolute Gasteiger partial charge is 0.274 e. The van der Waals surface area contributed by atoms with Gasteiger partial charge in [-0.05, 0) is 54.9 Å². The molecule has 0 radical (unpaired) electrons. The first kappa shape index (κ1) is 20.9. The zero-order valence-corrected chi connectivity index (χ0v) is 20.3. The van der Waals surface area contributed by atoms with Crippen LogP contribution >= 0.6 is 0 Å². The average Bonchev–Trinajstić information content (AvgIpc) is 3.44. The van der Waals surface area contributed by atoms with E-state index in [1.165, 1.54) is 44.5 Å². The Labute approximate surface area is 205 Å². The molecule has 2 aliphatic heterocycles.